The Labute approximate surface area is 152 Å². The van der Waals surface area contributed by atoms with Crippen LogP contribution in [-0.2, 0) is 17.7 Å². The quantitative estimate of drug-likeness (QED) is 0.731. The van der Waals surface area contributed by atoms with E-state index in [2.05, 4.69) is 15.6 Å². The smallest absolute Gasteiger partial charge is 0.407 e. The Morgan fingerprint density at radius 2 is 2.12 bits per heavy atom. The minimum Gasteiger partial charge on any atom is -0.497 e. The van der Waals surface area contributed by atoms with Gasteiger partial charge in [-0.3, -0.25) is 0 Å². The van der Waals surface area contributed by atoms with Crippen molar-refractivity contribution in [2.24, 2.45) is 0 Å². The lowest BCUT2D eigenvalue weighted by Crippen LogP contribution is -2.38. The number of carbonyl (C=O) groups is 1. The second kappa shape index (κ2) is 8.53. The fourth-order valence-corrected chi connectivity index (χ4v) is 3.06. The van der Waals surface area contributed by atoms with Gasteiger partial charge in [0, 0.05) is 18.8 Å². The maximum Gasteiger partial charge on any atom is 0.407 e. The summed E-state index contributed by atoms with van der Waals surface area (Å²) in [5.74, 6) is 1.26. The molecule has 1 aromatic heterocycles. The molecule has 0 saturated carbocycles. The second-order valence-electron chi connectivity index (χ2n) is 6.29. The van der Waals surface area contributed by atoms with Crippen LogP contribution < -0.4 is 21.1 Å². The zero-order valence-corrected chi connectivity index (χ0v) is 14.8. The van der Waals surface area contributed by atoms with Gasteiger partial charge < -0.3 is 25.8 Å². The van der Waals surface area contributed by atoms with Crippen LogP contribution in [0.1, 0.15) is 17.5 Å². The summed E-state index contributed by atoms with van der Waals surface area (Å²) in [4.78, 5) is 16.0. The second-order valence-corrected chi connectivity index (χ2v) is 6.29. The van der Waals surface area contributed by atoms with Gasteiger partial charge in [-0.1, -0.05) is 12.1 Å². The van der Waals surface area contributed by atoms with E-state index in [1.807, 2.05) is 24.3 Å². The average Bonchev–Trinajstić information content (AvgIpc) is 3.07. The normalized spacial score (nSPS) is 19.1. The van der Waals surface area contributed by atoms with E-state index in [0.717, 1.165) is 30.7 Å². The number of nitrogens with zero attached hydrogens (tertiary/aromatic N) is 1. The van der Waals surface area contributed by atoms with E-state index in [1.54, 1.807) is 25.4 Å². The highest BCUT2D eigenvalue weighted by atomic mass is 16.6. The minimum absolute atomic E-state index is 0.103. The number of rotatable bonds is 6. The molecule has 1 fully saturated rings. The first-order valence-corrected chi connectivity index (χ1v) is 8.65. The average molecular weight is 356 g/mol. The van der Waals surface area contributed by atoms with Crippen LogP contribution in [-0.4, -0.2) is 36.9 Å². The topological polar surface area (TPSA) is 98.5 Å². The van der Waals surface area contributed by atoms with Crippen LogP contribution >= 0.6 is 0 Å². The molecule has 1 saturated heterocycles. The first kappa shape index (κ1) is 18.0. The van der Waals surface area contributed by atoms with Gasteiger partial charge in [0.25, 0.3) is 0 Å². The number of nitrogens with two attached hydrogens (primary N) is 1. The van der Waals surface area contributed by atoms with Gasteiger partial charge in [0.05, 0.1) is 7.11 Å². The Kier molecular flexibility index (Phi) is 5.91. The number of hydrogen-bond acceptors (Lipinski definition) is 6. The number of carbonyl (C=O) groups excluding carboxylic acids is 1. The molecule has 0 radical (unpaired) electrons. The van der Waals surface area contributed by atoms with Crippen molar-refractivity contribution in [3.63, 3.8) is 0 Å². The van der Waals surface area contributed by atoms with Crippen molar-refractivity contribution in [2.75, 3.05) is 19.4 Å². The summed E-state index contributed by atoms with van der Waals surface area (Å²) < 4.78 is 10.8. The van der Waals surface area contributed by atoms with Crippen molar-refractivity contribution in [1.82, 2.24) is 15.6 Å². The van der Waals surface area contributed by atoms with Gasteiger partial charge in [-0.15, -0.1) is 0 Å². The van der Waals surface area contributed by atoms with E-state index in [9.17, 15) is 4.79 Å². The highest BCUT2D eigenvalue weighted by molar-refractivity contribution is 5.67. The van der Waals surface area contributed by atoms with Gasteiger partial charge in [0.2, 0.25) is 0 Å². The van der Waals surface area contributed by atoms with E-state index < -0.39 is 6.09 Å². The number of ether oxygens (including phenoxy) is 2. The molecule has 1 aliphatic rings. The number of anilines is 1. The van der Waals surface area contributed by atoms with Crippen molar-refractivity contribution < 1.29 is 14.3 Å². The molecule has 1 aliphatic heterocycles. The van der Waals surface area contributed by atoms with Gasteiger partial charge in [-0.25, -0.2) is 9.78 Å². The maximum atomic E-state index is 12.1. The molecule has 1 aromatic carbocycles. The van der Waals surface area contributed by atoms with Crippen LogP contribution in [0, 0.1) is 0 Å². The molecule has 7 nitrogen and oxygen atoms in total. The Balaban J connectivity index is 1.50. The molecule has 2 atom stereocenters. The number of alkyl carbamates (subject to hydrolysis) is 1. The summed E-state index contributed by atoms with van der Waals surface area (Å²) >= 11 is 0. The van der Waals surface area contributed by atoms with Gasteiger partial charge in [0.15, 0.2) is 0 Å². The van der Waals surface area contributed by atoms with Crippen molar-refractivity contribution >= 4 is 11.9 Å². The molecule has 0 aliphatic carbocycles. The lowest BCUT2D eigenvalue weighted by Gasteiger charge is -2.20. The lowest BCUT2D eigenvalue weighted by molar-refractivity contribution is 0.0896. The Morgan fingerprint density at radius 3 is 2.85 bits per heavy atom. The van der Waals surface area contributed by atoms with Gasteiger partial charge >= 0.3 is 6.09 Å². The number of nitrogens with one attached hydrogen (secondary N) is 2. The van der Waals surface area contributed by atoms with E-state index in [-0.39, 0.29) is 12.1 Å². The molecule has 3 rings (SSSR count). The summed E-state index contributed by atoms with van der Waals surface area (Å²) in [5.41, 5.74) is 7.69. The molecule has 0 bridgehead atoms. The third kappa shape index (κ3) is 4.86. The molecule has 26 heavy (non-hydrogen) atoms. The Hall–Kier alpha value is -2.80. The Morgan fingerprint density at radius 1 is 1.31 bits per heavy atom. The zero-order valence-electron chi connectivity index (χ0n) is 14.8. The maximum absolute atomic E-state index is 12.1. The molecule has 4 N–H and O–H groups in total. The third-order valence-electron chi connectivity index (χ3n) is 4.44. The van der Waals surface area contributed by atoms with Crippen LogP contribution in [0.4, 0.5) is 10.6 Å². The number of benzene rings is 1. The van der Waals surface area contributed by atoms with E-state index in [4.69, 9.17) is 15.2 Å². The number of nitrogen functional groups attached to an aromatic ring is 1. The van der Waals surface area contributed by atoms with Crippen LogP contribution in [0.15, 0.2) is 42.6 Å². The van der Waals surface area contributed by atoms with Crippen molar-refractivity contribution in [3.8, 4) is 5.75 Å². The molecule has 2 heterocycles. The third-order valence-corrected chi connectivity index (χ3v) is 4.44. The van der Waals surface area contributed by atoms with Crippen molar-refractivity contribution in [2.45, 2.75) is 31.5 Å². The lowest BCUT2D eigenvalue weighted by atomic mass is 10.0. The first-order valence-electron chi connectivity index (χ1n) is 8.65. The van der Waals surface area contributed by atoms with Gasteiger partial charge in [0.1, 0.15) is 17.7 Å². The largest absolute Gasteiger partial charge is 0.497 e. The summed E-state index contributed by atoms with van der Waals surface area (Å²) in [6, 6.07) is 11.6. The zero-order chi connectivity index (χ0) is 18.4. The fourth-order valence-electron chi connectivity index (χ4n) is 3.06. The molecule has 0 spiro atoms. The van der Waals surface area contributed by atoms with Crippen LogP contribution in [0.5, 0.6) is 5.75 Å². The molecule has 1 amide bonds. The molecule has 7 heteroatoms. The molecule has 138 valence electrons. The van der Waals surface area contributed by atoms with E-state index >= 15 is 0 Å². The van der Waals surface area contributed by atoms with Crippen LogP contribution in [0.3, 0.4) is 0 Å². The number of hydrogen-bond donors (Lipinski definition) is 3. The summed E-state index contributed by atoms with van der Waals surface area (Å²) in [5, 5.41) is 6.17. The molecular weight excluding hydrogens is 332 g/mol. The SMILES string of the molecule is COc1ccc(CC2NCCC2OC(=O)NCc2ccnc(N)c2)cc1. The highest BCUT2D eigenvalue weighted by Gasteiger charge is 2.30. The number of pyridine rings is 1. The minimum atomic E-state index is -0.422. The number of aromatic nitrogens is 1. The van der Waals surface area contributed by atoms with Gasteiger partial charge in [-0.05, 0) is 54.8 Å². The molecule has 2 aromatic rings. The van der Waals surface area contributed by atoms with Crippen molar-refractivity contribution in [1.29, 1.82) is 0 Å². The predicted octanol–water partition coefficient (Wildman–Crippen LogP) is 1.87. The van der Waals surface area contributed by atoms with Crippen molar-refractivity contribution in [3.05, 3.63) is 53.7 Å². The van der Waals surface area contributed by atoms with E-state index in [0.29, 0.717) is 12.4 Å². The van der Waals surface area contributed by atoms with Gasteiger partial charge in [-0.2, -0.15) is 0 Å². The molecular formula is C19H24N4O3. The molecule has 2 unspecified atom stereocenters. The van der Waals surface area contributed by atoms with Crippen LogP contribution in [0.2, 0.25) is 0 Å². The standard InChI is InChI=1S/C19H24N4O3/c1-25-15-4-2-13(3-5-15)10-16-17(7-9-21-16)26-19(24)23-12-14-6-8-22-18(20)11-14/h2-6,8,11,16-17,21H,7,9-10,12H2,1H3,(H2,20,22)(H,23,24). The Bertz CT molecular complexity index is 736. The fraction of sp³-hybridized carbons (Fsp3) is 0.368. The number of amides is 1. The summed E-state index contributed by atoms with van der Waals surface area (Å²) in [7, 11) is 1.65. The summed E-state index contributed by atoms with van der Waals surface area (Å²) in [6.45, 7) is 1.19. The first-order chi connectivity index (χ1) is 12.6. The van der Waals surface area contributed by atoms with E-state index in [1.165, 1.54) is 5.56 Å². The highest BCUT2D eigenvalue weighted by Crippen LogP contribution is 2.18. The predicted molar refractivity (Wildman–Crippen MR) is 98.9 cm³/mol. The summed E-state index contributed by atoms with van der Waals surface area (Å²) in [6.07, 6.45) is 2.64. The monoisotopic (exact) mass is 356 g/mol. The number of methoxy groups -OCH3 is 1. The van der Waals surface area contributed by atoms with Crippen LogP contribution in [0.25, 0.3) is 0 Å².